The Morgan fingerprint density at radius 3 is 2.21 bits per heavy atom. The smallest absolute Gasteiger partial charge is 0.284 e. The number of sulfonamides is 1. The van der Waals surface area contributed by atoms with Gasteiger partial charge >= 0.3 is 0 Å². The lowest BCUT2D eigenvalue weighted by atomic mass is 10.2. The van der Waals surface area contributed by atoms with Crippen molar-refractivity contribution < 1.29 is 13.5 Å². The molecule has 3 rings (SSSR count). The summed E-state index contributed by atoms with van der Waals surface area (Å²) in [5, 5.41) is 15.6. The molecule has 148 valence electrons. The Bertz CT molecular complexity index is 1140. The maximum absolute atomic E-state index is 12.8. The highest BCUT2D eigenvalue weighted by Gasteiger charge is 2.16. The normalized spacial score (nSPS) is 11.7. The first-order valence-corrected chi connectivity index (χ1v) is 10.5. The summed E-state index contributed by atoms with van der Waals surface area (Å²) >= 11 is 5.29. The van der Waals surface area contributed by atoms with E-state index in [9.17, 15) is 13.5 Å². The molecule has 0 radical (unpaired) electrons. The zero-order chi connectivity index (χ0) is 20.9. The summed E-state index contributed by atoms with van der Waals surface area (Å²) in [6, 6.07) is 21.8. The fraction of sp³-hybridized carbons (Fsp3) is 0.0476. The summed E-state index contributed by atoms with van der Waals surface area (Å²) < 4.78 is 29.6. The van der Waals surface area contributed by atoms with E-state index in [4.69, 9.17) is 12.2 Å². The molecular formula is C21H19N3O3S2. The van der Waals surface area contributed by atoms with Gasteiger partial charge in [0.15, 0.2) is 10.9 Å². The fourth-order valence-electron chi connectivity index (χ4n) is 2.47. The number of nitrogens with one attached hydrogen (secondary N) is 2. The first-order chi connectivity index (χ1) is 13.8. The van der Waals surface area contributed by atoms with Crippen LogP contribution in [0.2, 0.25) is 0 Å². The molecule has 0 saturated carbocycles. The highest BCUT2D eigenvalue weighted by Crippen LogP contribution is 2.21. The molecule has 0 fully saturated rings. The number of para-hydroxylation sites is 2. The zero-order valence-corrected chi connectivity index (χ0v) is 17.2. The average Bonchev–Trinajstić information content (AvgIpc) is 2.70. The van der Waals surface area contributed by atoms with Gasteiger partial charge in [0.1, 0.15) is 5.75 Å². The predicted octanol–water partition coefficient (Wildman–Crippen LogP) is 3.82. The van der Waals surface area contributed by atoms with Crippen LogP contribution in [0, 0.1) is 6.92 Å². The summed E-state index contributed by atoms with van der Waals surface area (Å²) in [7, 11) is -3.96. The summed E-state index contributed by atoms with van der Waals surface area (Å²) in [5.41, 5.74) is 1.88. The van der Waals surface area contributed by atoms with Crippen molar-refractivity contribution in [3.05, 3.63) is 90.0 Å². The maximum Gasteiger partial charge on any atom is 0.284 e. The number of hydrogen-bond donors (Lipinski definition) is 3. The molecule has 0 atom stereocenters. The molecule has 0 saturated heterocycles. The number of phenolic OH excluding ortho intramolecular Hbond substituents is 1. The molecule has 0 aromatic heterocycles. The van der Waals surface area contributed by atoms with Gasteiger partial charge in [0, 0.05) is 5.56 Å². The number of aryl methyl sites for hydroxylation is 1. The molecule has 3 aromatic rings. The Morgan fingerprint density at radius 2 is 1.55 bits per heavy atom. The standard InChI is InChI=1S/C21H19N3O3S2/c1-15-11-13-17(14-12-15)29(26,27)24-20(16-7-3-2-4-8-16)23-21(28)22-18-9-5-6-10-19(18)25/h2-14,25H,1H3,(H2,22,23,24,28). The summed E-state index contributed by atoms with van der Waals surface area (Å²) in [4.78, 5) is 0.0814. The second kappa shape index (κ2) is 8.85. The number of thiocarbonyl (C=S) groups is 1. The van der Waals surface area contributed by atoms with Gasteiger partial charge in [-0.2, -0.15) is 8.42 Å². The Morgan fingerprint density at radius 1 is 0.931 bits per heavy atom. The monoisotopic (exact) mass is 425 g/mol. The van der Waals surface area contributed by atoms with Gasteiger partial charge in [-0.1, -0.05) is 60.2 Å². The molecule has 0 unspecified atom stereocenters. The van der Waals surface area contributed by atoms with Crippen molar-refractivity contribution in [3.8, 4) is 5.75 Å². The molecule has 6 nitrogen and oxygen atoms in total. The van der Waals surface area contributed by atoms with E-state index in [1.165, 1.54) is 18.2 Å². The Balaban J connectivity index is 1.93. The topological polar surface area (TPSA) is 90.8 Å². The van der Waals surface area contributed by atoms with Crippen LogP contribution >= 0.6 is 12.2 Å². The van der Waals surface area contributed by atoms with E-state index in [1.54, 1.807) is 54.6 Å². The van der Waals surface area contributed by atoms with Gasteiger partial charge in [-0.3, -0.25) is 0 Å². The third-order valence-electron chi connectivity index (χ3n) is 3.96. The zero-order valence-electron chi connectivity index (χ0n) is 15.5. The molecule has 3 N–H and O–H groups in total. The van der Waals surface area contributed by atoms with Crippen LogP contribution in [0.4, 0.5) is 5.69 Å². The van der Waals surface area contributed by atoms with E-state index in [1.807, 2.05) is 13.0 Å². The quantitative estimate of drug-likeness (QED) is 0.255. The van der Waals surface area contributed by atoms with Crippen LogP contribution in [0.1, 0.15) is 11.1 Å². The van der Waals surface area contributed by atoms with Gasteiger partial charge in [-0.25, -0.2) is 0 Å². The van der Waals surface area contributed by atoms with Crippen molar-refractivity contribution in [2.24, 2.45) is 4.40 Å². The lowest BCUT2D eigenvalue weighted by molar-refractivity contribution is 0.478. The van der Waals surface area contributed by atoms with Crippen LogP contribution in [0.15, 0.2) is 88.2 Å². The second-order valence-corrected chi connectivity index (χ2v) is 8.20. The highest BCUT2D eigenvalue weighted by molar-refractivity contribution is 7.90. The van der Waals surface area contributed by atoms with E-state index >= 15 is 0 Å². The lowest BCUT2D eigenvalue weighted by Crippen LogP contribution is -2.35. The minimum atomic E-state index is -3.96. The van der Waals surface area contributed by atoms with E-state index < -0.39 is 10.0 Å². The fourth-order valence-corrected chi connectivity index (χ4v) is 3.65. The van der Waals surface area contributed by atoms with Crippen molar-refractivity contribution in [2.45, 2.75) is 11.8 Å². The van der Waals surface area contributed by atoms with Crippen LogP contribution in [0.5, 0.6) is 5.75 Å². The first-order valence-electron chi connectivity index (χ1n) is 8.68. The van der Waals surface area contributed by atoms with Crippen molar-refractivity contribution in [3.63, 3.8) is 0 Å². The van der Waals surface area contributed by atoms with E-state index in [0.717, 1.165) is 5.56 Å². The van der Waals surface area contributed by atoms with Gasteiger partial charge in [0.2, 0.25) is 0 Å². The SMILES string of the molecule is Cc1ccc(S(=O)(=O)N=C(NC(=S)Nc2ccccc2O)c2ccccc2)cc1. The van der Waals surface area contributed by atoms with Crippen molar-refractivity contribution in [2.75, 3.05) is 5.32 Å². The van der Waals surface area contributed by atoms with Crippen LogP contribution in [-0.4, -0.2) is 24.5 Å². The molecule has 0 aliphatic rings. The number of phenols is 1. The largest absolute Gasteiger partial charge is 0.506 e. The number of aromatic hydroxyl groups is 1. The molecular weight excluding hydrogens is 406 g/mol. The molecule has 0 amide bonds. The number of benzene rings is 3. The molecule has 0 aliphatic carbocycles. The third-order valence-corrected chi connectivity index (χ3v) is 5.46. The Kier molecular flexibility index (Phi) is 6.26. The van der Waals surface area contributed by atoms with Crippen molar-refractivity contribution >= 4 is 38.9 Å². The van der Waals surface area contributed by atoms with Crippen LogP contribution in [0.25, 0.3) is 0 Å². The minimum absolute atomic E-state index is 0.0159. The van der Waals surface area contributed by atoms with E-state index in [-0.39, 0.29) is 21.6 Å². The molecule has 8 heteroatoms. The number of anilines is 1. The molecule has 0 spiro atoms. The van der Waals surface area contributed by atoms with Crippen molar-refractivity contribution in [1.29, 1.82) is 0 Å². The molecule has 0 aliphatic heterocycles. The molecule has 29 heavy (non-hydrogen) atoms. The van der Waals surface area contributed by atoms with Crippen LogP contribution in [0.3, 0.4) is 0 Å². The van der Waals surface area contributed by atoms with E-state index in [2.05, 4.69) is 15.0 Å². The first kappa shape index (κ1) is 20.5. The molecule has 0 bridgehead atoms. The highest BCUT2D eigenvalue weighted by atomic mass is 32.2. The third kappa shape index (κ3) is 5.40. The predicted molar refractivity (Wildman–Crippen MR) is 119 cm³/mol. The summed E-state index contributed by atoms with van der Waals surface area (Å²) in [5.74, 6) is 0.0845. The number of amidine groups is 1. The second-order valence-electron chi connectivity index (χ2n) is 6.19. The van der Waals surface area contributed by atoms with Crippen LogP contribution in [-0.2, 0) is 10.0 Å². The van der Waals surface area contributed by atoms with Gasteiger partial charge in [-0.15, -0.1) is 4.40 Å². The van der Waals surface area contributed by atoms with Gasteiger partial charge in [0.05, 0.1) is 10.6 Å². The van der Waals surface area contributed by atoms with Gasteiger partial charge < -0.3 is 15.7 Å². The van der Waals surface area contributed by atoms with Gasteiger partial charge in [-0.05, 0) is 43.4 Å². The minimum Gasteiger partial charge on any atom is -0.506 e. The summed E-state index contributed by atoms with van der Waals surface area (Å²) in [6.45, 7) is 1.87. The Labute approximate surface area is 175 Å². The summed E-state index contributed by atoms with van der Waals surface area (Å²) in [6.07, 6.45) is 0. The number of nitrogens with zero attached hydrogens (tertiary/aromatic N) is 1. The maximum atomic E-state index is 12.8. The number of rotatable bonds is 4. The lowest BCUT2D eigenvalue weighted by Gasteiger charge is -2.14. The van der Waals surface area contributed by atoms with Gasteiger partial charge in [0.25, 0.3) is 10.0 Å². The van der Waals surface area contributed by atoms with Crippen molar-refractivity contribution in [1.82, 2.24) is 5.32 Å². The average molecular weight is 426 g/mol. The Hall–Kier alpha value is -3.23. The van der Waals surface area contributed by atoms with E-state index in [0.29, 0.717) is 11.3 Å². The number of hydrogen-bond acceptors (Lipinski definition) is 4. The van der Waals surface area contributed by atoms with Crippen LogP contribution < -0.4 is 10.6 Å². The molecule has 0 heterocycles. The molecule has 3 aromatic carbocycles.